The third-order valence-corrected chi connectivity index (χ3v) is 2.80. The van der Waals surface area contributed by atoms with Crippen LogP contribution < -0.4 is 5.32 Å². The van der Waals surface area contributed by atoms with E-state index in [-0.39, 0.29) is 30.1 Å². The Kier molecular flexibility index (Phi) is 6.71. The maximum atomic E-state index is 10.6. The molecule has 98 valence electrons. The molecule has 2 heterocycles. The molecule has 8 heteroatoms. The first-order valence-corrected chi connectivity index (χ1v) is 5.80. The number of amides is 1. The molecule has 0 saturated heterocycles. The van der Waals surface area contributed by atoms with Crippen LogP contribution in [0.3, 0.4) is 0 Å². The van der Waals surface area contributed by atoms with Gasteiger partial charge in [-0.2, -0.15) is 0 Å². The average molecular weight is 383 g/mol. The summed E-state index contributed by atoms with van der Waals surface area (Å²) < 4.78 is 4.59. The number of rotatable bonds is 0. The highest BCUT2D eigenvalue weighted by molar-refractivity contribution is 9.12. The summed E-state index contributed by atoms with van der Waals surface area (Å²) in [6.07, 6.45) is 2.31. The summed E-state index contributed by atoms with van der Waals surface area (Å²) in [5.74, 6) is -1.53. The van der Waals surface area contributed by atoms with Gasteiger partial charge in [0.05, 0.1) is 11.0 Å². The van der Waals surface area contributed by atoms with Crippen LogP contribution in [0.5, 0.6) is 0 Å². The lowest BCUT2D eigenvalue weighted by molar-refractivity contribution is -0.150. The quantitative estimate of drug-likeness (QED) is 0.497. The molecule has 2 aliphatic heterocycles. The molecule has 1 N–H and O–H groups in total. The molecular formula is C10H9Br2NO5. The zero-order valence-electron chi connectivity index (χ0n) is 8.16. The molecule has 6 nitrogen and oxygen atoms in total. The highest BCUT2D eigenvalue weighted by Crippen LogP contribution is 2.13. The molecule has 0 aromatic carbocycles. The van der Waals surface area contributed by atoms with Gasteiger partial charge in [0.2, 0.25) is 5.91 Å². The highest BCUT2D eigenvalue weighted by atomic mass is 79.9. The number of nitrogens with one attached hydrogen (secondary N) is 1. The minimum atomic E-state index is -0.616. The first kappa shape index (κ1) is 16.7. The number of cyclic esters (lactones) is 2. The summed E-state index contributed by atoms with van der Waals surface area (Å²) in [4.78, 5) is 41.4. The van der Waals surface area contributed by atoms with Crippen molar-refractivity contribution in [1.82, 2.24) is 5.32 Å². The van der Waals surface area contributed by atoms with Gasteiger partial charge in [0, 0.05) is 12.2 Å². The second kappa shape index (κ2) is 7.22. The summed E-state index contributed by atoms with van der Waals surface area (Å²) in [6.45, 7) is 0.107. The van der Waals surface area contributed by atoms with Crippen molar-refractivity contribution < 1.29 is 23.9 Å². The number of hydrogen-bond donors (Lipinski definition) is 1. The van der Waals surface area contributed by atoms with Crippen molar-refractivity contribution in [3.63, 3.8) is 0 Å². The Hall–Kier alpha value is -1.28. The number of esters is 2. The molecule has 0 spiro atoms. The first-order valence-electron chi connectivity index (χ1n) is 4.21. The van der Waals surface area contributed by atoms with E-state index in [0.717, 1.165) is 6.08 Å². The number of ether oxygens (including phenoxy) is 1. The lowest BCUT2D eigenvalue weighted by atomic mass is 10.3. The van der Waals surface area contributed by atoms with E-state index in [1.165, 1.54) is 6.08 Å². The van der Waals surface area contributed by atoms with E-state index >= 15 is 0 Å². The summed E-state index contributed by atoms with van der Waals surface area (Å²) in [5, 5.41) is 2.37. The second-order valence-electron chi connectivity index (χ2n) is 2.83. The van der Waals surface area contributed by atoms with Crippen LogP contribution in [0.1, 0.15) is 7.43 Å². The van der Waals surface area contributed by atoms with Gasteiger partial charge in [-0.25, -0.2) is 9.59 Å². The zero-order chi connectivity index (χ0) is 13.0. The Bertz CT molecular complexity index is 467. The molecule has 18 heavy (non-hydrogen) atoms. The third-order valence-electron chi connectivity index (χ3n) is 1.58. The normalized spacial score (nSPS) is 17.7. The van der Waals surface area contributed by atoms with Crippen LogP contribution in [-0.2, 0) is 23.9 Å². The van der Waals surface area contributed by atoms with Gasteiger partial charge in [-0.1, -0.05) is 7.43 Å². The number of Topliss-reactive ketones (excluding diaryl/α,β-unsaturated/α-hetero) is 1. The van der Waals surface area contributed by atoms with E-state index in [1.807, 2.05) is 0 Å². The van der Waals surface area contributed by atoms with Crippen molar-refractivity contribution in [3.8, 4) is 0 Å². The fourth-order valence-corrected chi connectivity index (χ4v) is 1.45. The van der Waals surface area contributed by atoms with Gasteiger partial charge in [0.15, 0.2) is 5.78 Å². The maximum absolute atomic E-state index is 10.6. The average Bonchev–Trinajstić information content (AvgIpc) is 2.52. The standard InChI is InChI=1S/C5H4BrNO2.C4HBrO3.CH4/c6-3-1-5(9)7-2-4(3)8;5-2-1-3(6)8-4(2)7;/h1H,2H2,(H,7,9);1H;1H4. The van der Waals surface area contributed by atoms with Crippen molar-refractivity contribution in [3.05, 3.63) is 21.1 Å². The van der Waals surface area contributed by atoms with Gasteiger partial charge in [-0.3, -0.25) is 9.59 Å². The van der Waals surface area contributed by atoms with Gasteiger partial charge in [0.1, 0.15) is 4.48 Å². The first-order chi connectivity index (χ1) is 7.90. The molecule has 0 bridgehead atoms. The predicted octanol–water partition coefficient (Wildman–Crippen LogP) is 0.949. The number of carbonyl (C=O) groups is 4. The Morgan fingerprint density at radius 2 is 1.67 bits per heavy atom. The van der Waals surface area contributed by atoms with Crippen molar-refractivity contribution in [1.29, 1.82) is 0 Å². The van der Waals surface area contributed by atoms with Crippen molar-refractivity contribution >= 4 is 55.5 Å². The molecule has 0 aliphatic carbocycles. The fourth-order valence-electron chi connectivity index (χ4n) is 0.830. The molecule has 0 unspecified atom stereocenters. The van der Waals surface area contributed by atoms with E-state index in [9.17, 15) is 19.2 Å². The smallest absolute Gasteiger partial charge is 0.353 e. The third kappa shape index (κ3) is 4.92. The van der Waals surface area contributed by atoms with Crippen molar-refractivity contribution in [2.75, 3.05) is 6.54 Å². The Morgan fingerprint density at radius 3 is 1.94 bits per heavy atom. The van der Waals surface area contributed by atoms with Crippen LogP contribution in [0.2, 0.25) is 0 Å². The zero-order valence-corrected chi connectivity index (χ0v) is 11.3. The Labute approximate surface area is 120 Å². The van der Waals surface area contributed by atoms with Gasteiger partial charge >= 0.3 is 11.9 Å². The molecule has 0 saturated carbocycles. The molecule has 0 atom stereocenters. The minimum Gasteiger partial charge on any atom is -0.386 e. The second-order valence-corrected chi connectivity index (χ2v) is 4.54. The van der Waals surface area contributed by atoms with Gasteiger partial charge in [-0.15, -0.1) is 0 Å². The van der Waals surface area contributed by atoms with Crippen molar-refractivity contribution in [2.45, 2.75) is 7.43 Å². The number of ketones is 1. The van der Waals surface area contributed by atoms with Crippen LogP contribution in [0.4, 0.5) is 0 Å². The molecule has 0 aromatic heterocycles. The SMILES string of the molecule is C.O=C1C=C(Br)C(=O)CN1.O=C1C=C(Br)C(=O)O1. The minimum absolute atomic E-state index is 0. The van der Waals surface area contributed by atoms with Crippen LogP contribution in [0.15, 0.2) is 21.1 Å². The summed E-state index contributed by atoms with van der Waals surface area (Å²) >= 11 is 5.75. The van der Waals surface area contributed by atoms with Crippen LogP contribution >= 0.6 is 31.9 Å². The van der Waals surface area contributed by atoms with Gasteiger partial charge in [-0.05, 0) is 31.9 Å². The Balaban J connectivity index is 0.000000306. The molecule has 0 fully saturated rings. The fraction of sp³-hybridized carbons (Fsp3) is 0.200. The van der Waals surface area contributed by atoms with Gasteiger partial charge in [0.25, 0.3) is 0 Å². The monoisotopic (exact) mass is 381 g/mol. The largest absolute Gasteiger partial charge is 0.386 e. The molecular weight excluding hydrogens is 374 g/mol. The number of halogens is 2. The lowest BCUT2D eigenvalue weighted by Crippen LogP contribution is -2.32. The Morgan fingerprint density at radius 1 is 1.06 bits per heavy atom. The van der Waals surface area contributed by atoms with Crippen LogP contribution in [0, 0.1) is 0 Å². The van der Waals surface area contributed by atoms with E-state index in [1.54, 1.807) is 0 Å². The maximum Gasteiger partial charge on any atom is 0.353 e. The van der Waals surface area contributed by atoms with Crippen LogP contribution in [0.25, 0.3) is 0 Å². The van der Waals surface area contributed by atoms with Crippen LogP contribution in [-0.4, -0.2) is 30.2 Å². The molecule has 2 aliphatic rings. The van der Waals surface area contributed by atoms with E-state index in [2.05, 4.69) is 41.9 Å². The predicted molar refractivity (Wildman–Crippen MR) is 69.9 cm³/mol. The topological polar surface area (TPSA) is 89.5 Å². The van der Waals surface area contributed by atoms with E-state index in [4.69, 9.17) is 0 Å². The summed E-state index contributed by atoms with van der Waals surface area (Å²) in [6, 6.07) is 0. The van der Waals surface area contributed by atoms with E-state index in [0.29, 0.717) is 4.48 Å². The molecule has 0 radical (unpaired) electrons. The molecule has 0 aromatic rings. The van der Waals surface area contributed by atoms with E-state index < -0.39 is 11.9 Å². The molecule has 2 rings (SSSR count). The molecule has 1 amide bonds. The summed E-state index contributed by atoms with van der Waals surface area (Å²) in [5.41, 5.74) is 0. The number of carbonyl (C=O) groups excluding carboxylic acids is 4. The highest BCUT2D eigenvalue weighted by Gasteiger charge is 2.20. The van der Waals surface area contributed by atoms with Crippen molar-refractivity contribution in [2.24, 2.45) is 0 Å². The lowest BCUT2D eigenvalue weighted by Gasteiger charge is -2.05. The van der Waals surface area contributed by atoms with Gasteiger partial charge < -0.3 is 10.1 Å². The number of hydrogen-bond acceptors (Lipinski definition) is 5. The summed E-state index contributed by atoms with van der Waals surface area (Å²) in [7, 11) is 0.